The largest absolute Gasteiger partial charge is 0.481 e. The first-order valence-electron chi connectivity index (χ1n) is 8.95. The second-order valence-electron chi connectivity index (χ2n) is 7.92. The minimum absolute atomic E-state index is 0.239. The highest BCUT2D eigenvalue weighted by Gasteiger charge is 2.41. The van der Waals surface area contributed by atoms with Gasteiger partial charge in [0, 0.05) is 6.42 Å². The summed E-state index contributed by atoms with van der Waals surface area (Å²) in [6, 6.07) is 4.62. The van der Waals surface area contributed by atoms with E-state index in [1.807, 2.05) is 0 Å². The Hall–Kier alpha value is -2.29. The van der Waals surface area contributed by atoms with Crippen LogP contribution in [0.1, 0.15) is 52.5 Å². The number of aliphatic imine (C=N–C) groups is 1. The zero-order valence-electron chi connectivity index (χ0n) is 16.4. The highest BCUT2D eigenvalue weighted by atomic mass is 19.4. The molecular formula is C19H26F3N3O3. The summed E-state index contributed by atoms with van der Waals surface area (Å²) in [4.78, 5) is 17.0. The monoisotopic (exact) mass is 401 g/mol. The number of ether oxygens (including phenoxy) is 2. The standard InChI is InChI=1S/C19H26F3N3O3/c1-11-15(23)25-13-10-12(6-7-14(13)27-11)18(24,8-5-9-19(20,21)22)16(26)28-17(2,3)4/h6-7,10-11H,5,8-9,24H2,1-4H3,(H2,23,25)/t11-,18?/m1/s1. The summed E-state index contributed by atoms with van der Waals surface area (Å²) in [5.74, 6) is -0.0990. The molecule has 28 heavy (non-hydrogen) atoms. The van der Waals surface area contributed by atoms with E-state index in [0.29, 0.717) is 11.4 Å². The summed E-state index contributed by atoms with van der Waals surface area (Å²) in [5.41, 5.74) is 10.2. The van der Waals surface area contributed by atoms with Crippen LogP contribution >= 0.6 is 0 Å². The SMILES string of the molecule is C[C@H]1Oc2ccc(C(N)(CCCC(F)(F)F)C(=O)OC(C)(C)C)cc2N=C1N. The molecule has 6 nitrogen and oxygen atoms in total. The van der Waals surface area contributed by atoms with Gasteiger partial charge in [0.1, 0.15) is 28.4 Å². The van der Waals surface area contributed by atoms with Crippen molar-refractivity contribution in [1.82, 2.24) is 0 Å². The van der Waals surface area contributed by atoms with Crippen molar-refractivity contribution in [2.45, 2.75) is 70.4 Å². The first-order chi connectivity index (χ1) is 12.7. The van der Waals surface area contributed by atoms with Gasteiger partial charge in [0.05, 0.1) is 0 Å². The molecule has 1 unspecified atom stereocenters. The van der Waals surface area contributed by atoms with Gasteiger partial charge in [-0.3, -0.25) is 0 Å². The molecular weight excluding hydrogens is 375 g/mol. The van der Waals surface area contributed by atoms with Crippen LogP contribution < -0.4 is 16.2 Å². The van der Waals surface area contributed by atoms with Gasteiger partial charge in [-0.15, -0.1) is 0 Å². The molecule has 9 heteroatoms. The first-order valence-corrected chi connectivity index (χ1v) is 8.95. The van der Waals surface area contributed by atoms with Gasteiger partial charge in [-0.05, 0) is 58.2 Å². The van der Waals surface area contributed by atoms with Crippen LogP contribution in [0.15, 0.2) is 23.2 Å². The van der Waals surface area contributed by atoms with E-state index in [4.69, 9.17) is 20.9 Å². The van der Waals surface area contributed by atoms with Crippen LogP contribution in [0.3, 0.4) is 0 Å². The van der Waals surface area contributed by atoms with Crippen molar-refractivity contribution in [2.24, 2.45) is 16.5 Å². The second kappa shape index (κ2) is 7.62. The highest BCUT2D eigenvalue weighted by Crippen LogP contribution is 2.38. The Kier molecular flexibility index (Phi) is 5.98. The highest BCUT2D eigenvalue weighted by molar-refractivity contribution is 5.90. The maximum Gasteiger partial charge on any atom is 0.389 e. The van der Waals surface area contributed by atoms with Crippen LogP contribution in [0.4, 0.5) is 18.9 Å². The predicted octanol–water partition coefficient (Wildman–Crippen LogP) is 3.68. The molecule has 1 aliphatic rings. The van der Waals surface area contributed by atoms with Gasteiger partial charge >= 0.3 is 12.1 Å². The van der Waals surface area contributed by atoms with Crippen LogP contribution in [-0.2, 0) is 15.1 Å². The molecule has 0 bridgehead atoms. The van der Waals surface area contributed by atoms with E-state index in [9.17, 15) is 18.0 Å². The molecule has 1 heterocycles. The molecule has 156 valence electrons. The third-order valence-electron chi connectivity index (χ3n) is 4.24. The average Bonchev–Trinajstić information content (AvgIpc) is 2.52. The molecule has 0 radical (unpaired) electrons. The molecule has 2 atom stereocenters. The van der Waals surface area contributed by atoms with Crippen molar-refractivity contribution >= 4 is 17.5 Å². The van der Waals surface area contributed by atoms with Crippen molar-refractivity contribution in [3.05, 3.63) is 23.8 Å². The number of benzene rings is 1. The van der Waals surface area contributed by atoms with E-state index in [0.717, 1.165) is 0 Å². The van der Waals surface area contributed by atoms with Gasteiger partial charge in [-0.2, -0.15) is 13.2 Å². The Labute approximate surface area is 162 Å². The van der Waals surface area contributed by atoms with Crippen molar-refractivity contribution in [2.75, 3.05) is 0 Å². The van der Waals surface area contributed by atoms with Crippen molar-refractivity contribution in [3.63, 3.8) is 0 Å². The summed E-state index contributed by atoms with van der Waals surface area (Å²) in [7, 11) is 0. The zero-order chi connectivity index (χ0) is 21.3. The summed E-state index contributed by atoms with van der Waals surface area (Å²) in [6.07, 6.45) is -6.36. The molecule has 0 spiro atoms. The molecule has 4 N–H and O–H groups in total. The van der Waals surface area contributed by atoms with E-state index in [2.05, 4.69) is 4.99 Å². The fourth-order valence-corrected chi connectivity index (χ4v) is 2.76. The van der Waals surface area contributed by atoms with E-state index in [1.54, 1.807) is 39.8 Å². The van der Waals surface area contributed by atoms with E-state index < -0.39 is 35.8 Å². The summed E-state index contributed by atoms with van der Waals surface area (Å²) < 4.78 is 48.8. The number of carbonyl (C=O) groups excluding carboxylic acids is 1. The quantitative estimate of drug-likeness (QED) is 0.733. The molecule has 0 fully saturated rings. The van der Waals surface area contributed by atoms with Crippen LogP contribution in [0.25, 0.3) is 0 Å². The number of rotatable bonds is 5. The Bertz CT molecular complexity index is 772. The Morgan fingerprint density at radius 2 is 1.89 bits per heavy atom. The Balaban J connectivity index is 2.39. The number of nitrogens with zero attached hydrogens (tertiary/aromatic N) is 1. The summed E-state index contributed by atoms with van der Waals surface area (Å²) in [6.45, 7) is 6.72. The number of alkyl halides is 3. The normalized spacial score (nSPS) is 19.1. The molecule has 2 rings (SSSR count). The Morgan fingerprint density at radius 1 is 1.25 bits per heavy atom. The van der Waals surface area contributed by atoms with Crippen molar-refractivity contribution in [3.8, 4) is 5.75 Å². The van der Waals surface area contributed by atoms with Crippen LogP contribution in [0, 0.1) is 0 Å². The van der Waals surface area contributed by atoms with Crippen molar-refractivity contribution in [1.29, 1.82) is 0 Å². The van der Waals surface area contributed by atoms with E-state index in [1.165, 1.54) is 6.07 Å². The topological polar surface area (TPSA) is 99.9 Å². The van der Waals surface area contributed by atoms with Gasteiger partial charge in [0.25, 0.3) is 0 Å². The lowest BCUT2D eigenvalue weighted by Crippen LogP contribution is -2.48. The number of carbonyl (C=O) groups is 1. The lowest BCUT2D eigenvalue weighted by Gasteiger charge is -2.32. The maximum absolute atomic E-state index is 12.8. The third kappa shape index (κ3) is 5.37. The van der Waals surface area contributed by atoms with Gasteiger partial charge in [-0.25, -0.2) is 9.79 Å². The first kappa shape index (κ1) is 22.0. The predicted molar refractivity (Wildman–Crippen MR) is 99.4 cm³/mol. The number of hydrogen-bond donors (Lipinski definition) is 2. The molecule has 1 aromatic rings. The summed E-state index contributed by atoms with van der Waals surface area (Å²) >= 11 is 0. The molecule has 0 amide bonds. The number of esters is 1. The van der Waals surface area contributed by atoms with E-state index in [-0.39, 0.29) is 24.2 Å². The molecule has 0 aromatic heterocycles. The minimum atomic E-state index is -4.34. The fourth-order valence-electron chi connectivity index (χ4n) is 2.76. The average molecular weight is 401 g/mol. The van der Waals surface area contributed by atoms with Crippen LogP contribution in [-0.4, -0.2) is 29.7 Å². The minimum Gasteiger partial charge on any atom is -0.481 e. The van der Waals surface area contributed by atoms with E-state index >= 15 is 0 Å². The second-order valence-corrected chi connectivity index (χ2v) is 7.92. The fraction of sp³-hybridized carbons (Fsp3) is 0.579. The number of fused-ring (bicyclic) bond motifs is 1. The molecule has 0 saturated carbocycles. The molecule has 1 aliphatic heterocycles. The number of amidine groups is 1. The molecule has 1 aromatic carbocycles. The van der Waals surface area contributed by atoms with Gasteiger partial charge in [-0.1, -0.05) is 6.07 Å². The van der Waals surface area contributed by atoms with Crippen LogP contribution in [0.2, 0.25) is 0 Å². The molecule has 0 saturated heterocycles. The van der Waals surface area contributed by atoms with Gasteiger partial charge in [0.2, 0.25) is 0 Å². The molecule has 0 aliphatic carbocycles. The number of hydrogen-bond acceptors (Lipinski definition) is 6. The van der Waals surface area contributed by atoms with Crippen molar-refractivity contribution < 1.29 is 27.4 Å². The third-order valence-corrected chi connectivity index (χ3v) is 4.24. The number of halogens is 3. The van der Waals surface area contributed by atoms with Crippen LogP contribution in [0.5, 0.6) is 5.75 Å². The lowest BCUT2D eigenvalue weighted by molar-refractivity contribution is -0.164. The van der Waals surface area contributed by atoms with Gasteiger partial charge in [0.15, 0.2) is 6.10 Å². The maximum atomic E-state index is 12.8. The zero-order valence-corrected chi connectivity index (χ0v) is 16.4. The lowest BCUT2D eigenvalue weighted by atomic mass is 9.85. The number of nitrogens with two attached hydrogens (primary N) is 2. The smallest absolute Gasteiger partial charge is 0.389 e. The Morgan fingerprint density at radius 3 is 2.46 bits per heavy atom. The van der Waals surface area contributed by atoms with Gasteiger partial charge < -0.3 is 20.9 Å². The summed E-state index contributed by atoms with van der Waals surface area (Å²) in [5, 5.41) is 0.